The number of hydrogen-bond acceptors (Lipinski definition) is 5. The van der Waals surface area contributed by atoms with E-state index in [1.165, 1.54) is 0 Å². The van der Waals surface area contributed by atoms with Crippen LogP contribution in [0.3, 0.4) is 0 Å². The Morgan fingerprint density at radius 1 is 1.07 bits per heavy atom. The van der Waals surface area contributed by atoms with Gasteiger partial charge < -0.3 is 5.32 Å². The summed E-state index contributed by atoms with van der Waals surface area (Å²) in [5.74, 6) is 0.0908. The van der Waals surface area contributed by atoms with E-state index in [9.17, 15) is 4.79 Å². The van der Waals surface area contributed by atoms with Crippen LogP contribution in [0.15, 0.2) is 66.6 Å². The molecule has 1 atom stereocenters. The maximum absolute atomic E-state index is 13.1. The second kappa shape index (κ2) is 7.86. The number of fused-ring (bicyclic) bond motifs is 1. The van der Waals surface area contributed by atoms with Crippen LogP contribution in [-0.4, -0.2) is 20.9 Å². The van der Waals surface area contributed by atoms with Crippen molar-refractivity contribution in [3.05, 3.63) is 77.1 Å². The molecule has 0 aliphatic heterocycles. The molecule has 0 saturated heterocycles. The number of hydrogen-bond donors (Lipinski definition) is 1. The lowest BCUT2D eigenvalue weighted by Crippen LogP contribution is -2.31. The van der Waals surface area contributed by atoms with Crippen molar-refractivity contribution in [1.29, 1.82) is 0 Å². The molecule has 0 aliphatic carbocycles. The SMILES string of the molecule is CC(C)[C@@H](NC(=O)c1cc(-c2ccncc2)c2cnccc2n1)c1cccs1. The van der Waals surface area contributed by atoms with Gasteiger partial charge >= 0.3 is 0 Å². The predicted octanol–water partition coefficient (Wildman–Crippen LogP) is 4.88. The molecule has 4 aromatic heterocycles. The van der Waals surface area contributed by atoms with Crippen molar-refractivity contribution in [2.45, 2.75) is 19.9 Å². The average Bonchev–Trinajstić information content (AvgIpc) is 3.25. The maximum atomic E-state index is 13.1. The number of pyridine rings is 3. The summed E-state index contributed by atoms with van der Waals surface area (Å²) in [6.45, 7) is 4.21. The van der Waals surface area contributed by atoms with Crippen molar-refractivity contribution in [2.24, 2.45) is 5.92 Å². The summed E-state index contributed by atoms with van der Waals surface area (Å²) in [6, 6.07) is 11.5. The molecule has 0 bridgehead atoms. The molecular weight excluding hydrogens is 368 g/mol. The van der Waals surface area contributed by atoms with E-state index >= 15 is 0 Å². The lowest BCUT2D eigenvalue weighted by atomic mass is 10.0. The zero-order chi connectivity index (χ0) is 19.5. The Morgan fingerprint density at radius 2 is 1.86 bits per heavy atom. The van der Waals surface area contributed by atoms with Crippen molar-refractivity contribution in [3.8, 4) is 11.1 Å². The normalized spacial score (nSPS) is 12.2. The molecule has 4 rings (SSSR count). The molecule has 0 fully saturated rings. The summed E-state index contributed by atoms with van der Waals surface area (Å²) in [4.78, 5) is 27.1. The number of thiophene rings is 1. The monoisotopic (exact) mass is 388 g/mol. The van der Waals surface area contributed by atoms with Gasteiger partial charge in [-0.1, -0.05) is 19.9 Å². The van der Waals surface area contributed by atoms with Gasteiger partial charge in [0.1, 0.15) is 5.69 Å². The largest absolute Gasteiger partial charge is 0.343 e. The molecule has 28 heavy (non-hydrogen) atoms. The predicted molar refractivity (Wildman–Crippen MR) is 112 cm³/mol. The van der Waals surface area contributed by atoms with Gasteiger partial charge in [0.2, 0.25) is 0 Å². The van der Waals surface area contributed by atoms with Crippen LogP contribution in [0.4, 0.5) is 0 Å². The third-order valence-electron chi connectivity index (χ3n) is 4.64. The molecule has 0 saturated carbocycles. The van der Waals surface area contributed by atoms with Crippen LogP contribution < -0.4 is 5.32 Å². The number of nitrogens with one attached hydrogen (secondary N) is 1. The molecule has 0 aliphatic rings. The van der Waals surface area contributed by atoms with Crippen LogP contribution in [0.25, 0.3) is 22.0 Å². The van der Waals surface area contributed by atoms with Crippen molar-refractivity contribution < 1.29 is 4.79 Å². The van der Waals surface area contributed by atoms with Gasteiger partial charge in [0, 0.05) is 35.1 Å². The Hall–Kier alpha value is -3.12. The molecule has 4 aromatic rings. The Bertz CT molecular complexity index is 1090. The lowest BCUT2D eigenvalue weighted by molar-refractivity contribution is 0.0922. The molecule has 6 heteroatoms. The highest BCUT2D eigenvalue weighted by molar-refractivity contribution is 7.10. The van der Waals surface area contributed by atoms with Gasteiger partial charge in [-0.05, 0) is 52.8 Å². The van der Waals surface area contributed by atoms with Crippen molar-refractivity contribution in [2.75, 3.05) is 0 Å². The quantitative estimate of drug-likeness (QED) is 0.529. The number of carbonyl (C=O) groups is 1. The van der Waals surface area contributed by atoms with Gasteiger partial charge in [0.05, 0.1) is 11.6 Å². The first kappa shape index (κ1) is 18.3. The maximum Gasteiger partial charge on any atom is 0.270 e. The molecule has 4 heterocycles. The van der Waals surface area contributed by atoms with E-state index in [1.54, 1.807) is 36.1 Å². The van der Waals surface area contributed by atoms with E-state index in [0.717, 1.165) is 26.9 Å². The van der Waals surface area contributed by atoms with Crippen LogP contribution in [0.1, 0.15) is 35.3 Å². The van der Waals surface area contributed by atoms with E-state index in [1.807, 2.05) is 35.7 Å². The molecular formula is C22H20N4OS. The van der Waals surface area contributed by atoms with Gasteiger partial charge in [0.25, 0.3) is 5.91 Å². The second-order valence-corrected chi connectivity index (χ2v) is 7.87. The molecule has 0 unspecified atom stereocenters. The zero-order valence-electron chi connectivity index (χ0n) is 15.7. The third kappa shape index (κ3) is 3.64. The number of nitrogens with zero attached hydrogens (tertiary/aromatic N) is 3. The standard InChI is InChI=1S/C22H20N4OS/c1-14(2)21(20-4-3-11-28-20)26-22(27)19-12-16(15-5-8-23-9-6-15)17-13-24-10-7-18(17)25-19/h3-14,21H,1-2H3,(H,26,27)/t21-/m1/s1. The van der Waals surface area contributed by atoms with Gasteiger partial charge in [-0.3, -0.25) is 14.8 Å². The first-order valence-corrected chi connectivity index (χ1v) is 10.0. The Labute approximate surface area is 167 Å². The van der Waals surface area contributed by atoms with Gasteiger partial charge in [-0.25, -0.2) is 4.98 Å². The van der Waals surface area contributed by atoms with E-state index in [-0.39, 0.29) is 17.9 Å². The first-order chi connectivity index (χ1) is 13.6. The van der Waals surface area contributed by atoms with Crippen molar-refractivity contribution in [1.82, 2.24) is 20.3 Å². The molecule has 5 nitrogen and oxygen atoms in total. The van der Waals surface area contributed by atoms with Crippen LogP contribution in [0, 0.1) is 5.92 Å². The number of carbonyl (C=O) groups excluding carboxylic acids is 1. The lowest BCUT2D eigenvalue weighted by Gasteiger charge is -2.21. The third-order valence-corrected chi connectivity index (χ3v) is 5.59. The van der Waals surface area contributed by atoms with Crippen molar-refractivity contribution >= 4 is 28.1 Å². The van der Waals surface area contributed by atoms with Gasteiger partial charge in [-0.2, -0.15) is 0 Å². The van der Waals surface area contributed by atoms with Crippen LogP contribution >= 0.6 is 11.3 Å². The average molecular weight is 388 g/mol. The van der Waals surface area contributed by atoms with E-state index in [0.29, 0.717) is 5.69 Å². The minimum Gasteiger partial charge on any atom is -0.343 e. The smallest absolute Gasteiger partial charge is 0.270 e. The minimum atomic E-state index is -0.180. The summed E-state index contributed by atoms with van der Waals surface area (Å²) in [7, 11) is 0. The van der Waals surface area contributed by atoms with E-state index < -0.39 is 0 Å². The highest BCUT2D eigenvalue weighted by Crippen LogP contribution is 2.29. The van der Waals surface area contributed by atoms with Crippen molar-refractivity contribution in [3.63, 3.8) is 0 Å². The summed E-state index contributed by atoms with van der Waals surface area (Å²) < 4.78 is 0. The van der Waals surface area contributed by atoms with E-state index in [2.05, 4.69) is 40.2 Å². The minimum absolute atomic E-state index is 0.0492. The second-order valence-electron chi connectivity index (χ2n) is 6.89. The molecule has 1 amide bonds. The summed E-state index contributed by atoms with van der Waals surface area (Å²) in [5, 5.41) is 6.09. The number of rotatable bonds is 5. The van der Waals surface area contributed by atoms with Crippen LogP contribution in [0.5, 0.6) is 0 Å². The highest BCUT2D eigenvalue weighted by Gasteiger charge is 2.21. The molecule has 140 valence electrons. The summed E-state index contributed by atoms with van der Waals surface area (Å²) in [6.07, 6.45) is 6.95. The van der Waals surface area contributed by atoms with Gasteiger partial charge in [-0.15, -0.1) is 11.3 Å². The first-order valence-electron chi connectivity index (χ1n) is 9.13. The van der Waals surface area contributed by atoms with Crippen LogP contribution in [-0.2, 0) is 0 Å². The Balaban J connectivity index is 1.75. The Morgan fingerprint density at radius 3 is 2.57 bits per heavy atom. The molecule has 0 radical (unpaired) electrons. The Kier molecular flexibility index (Phi) is 5.12. The van der Waals surface area contributed by atoms with E-state index in [4.69, 9.17) is 0 Å². The molecule has 1 N–H and O–H groups in total. The molecule has 0 spiro atoms. The molecule has 0 aromatic carbocycles. The number of aromatic nitrogens is 3. The zero-order valence-corrected chi connectivity index (χ0v) is 16.5. The summed E-state index contributed by atoms with van der Waals surface area (Å²) in [5.41, 5.74) is 3.03. The fourth-order valence-corrected chi connectivity index (χ4v) is 4.15. The summed E-state index contributed by atoms with van der Waals surface area (Å²) >= 11 is 1.65. The topological polar surface area (TPSA) is 67.8 Å². The highest BCUT2D eigenvalue weighted by atomic mass is 32.1. The fraction of sp³-hybridized carbons (Fsp3) is 0.182. The number of amides is 1. The fourth-order valence-electron chi connectivity index (χ4n) is 3.21. The van der Waals surface area contributed by atoms with Crippen LogP contribution in [0.2, 0.25) is 0 Å². The van der Waals surface area contributed by atoms with Gasteiger partial charge in [0.15, 0.2) is 0 Å².